The lowest BCUT2D eigenvalue weighted by Gasteiger charge is -2.33. The summed E-state index contributed by atoms with van der Waals surface area (Å²) in [6.45, 7) is 6.15. The van der Waals surface area contributed by atoms with E-state index in [2.05, 4.69) is 17.1 Å². The van der Waals surface area contributed by atoms with Crippen LogP contribution in [-0.4, -0.2) is 49.3 Å². The Labute approximate surface area is 87.5 Å². The zero-order chi connectivity index (χ0) is 10.4. The Balaban J connectivity index is 2.26. The third-order valence-corrected chi connectivity index (χ3v) is 3.11. The molecule has 3 nitrogen and oxygen atoms in total. The van der Waals surface area contributed by atoms with Crippen LogP contribution in [0.5, 0.6) is 0 Å². The molecule has 14 heavy (non-hydrogen) atoms. The van der Waals surface area contributed by atoms with Gasteiger partial charge in [0.2, 0.25) is 0 Å². The topological polar surface area (TPSA) is 35.5 Å². The highest BCUT2D eigenvalue weighted by Gasteiger charge is 2.18. The summed E-state index contributed by atoms with van der Waals surface area (Å²) in [6.07, 6.45) is 3.57. The van der Waals surface area contributed by atoms with E-state index >= 15 is 0 Å². The van der Waals surface area contributed by atoms with Gasteiger partial charge in [0.25, 0.3) is 0 Å². The van der Waals surface area contributed by atoms with Gasteiger partial charge < -0.3 is 15.3 Å². The fourth-order valence-electron chi connectivity index (χ4n) is 2.25. The molecule has 0 aromatic heterocycles. The number of aliphatic hydroxyl groups excluding tert-OH is 1. The third-order valence-electron chi connectivity index (χ3n) is 3.11. The minimum absolute atomic E-state index is 0.287. The van der Waals surface area contributed by atoms with E-state index in [4.69, 9.17) is 5.11 Å². The zero-order valence-corrected chi connectivity index (χ0v) is 9.50. The van der Waals surface area contributed by atoms with Gasteiger partial charge in [0.05, 0.1) is 0 Å². The van der Waals surface area contributed by atoms with Crippen LogP contribution in [0.4, 0.5) is 0 Å². The Morgan fingerprint density at radius 1 is 1.57 bits per heavy atom. The van der Waals surface area contributed by atoms with E-state index in [0.29, 0.717) is 6.04 Å². The summed E-state index contributed by atoms with van der Waals surface area (Å²) in [5.41, 5.74) is 0. The number of likely N-dealkylation sites (tertiary alicyclic amines) is 1. The summed E-state index contributed by atoms with van der Waals surface area (Å²) < 4.78 is 0. The molecule has 0 aliphatic carbocycles. The molecule has 1 aliphatic heterocycles. The van der Waals surface area contributed by atoms with Crippen LogP contribution in [0.25, 0.3) is 0 Å². The summed E-state index contributed by atoms with van der Waals surface area (Å²) in [6, 6.07) is 0.449. The second kappa shape index (κ2) is 6.38. The molecule has 1 rings (SSSR count). The lowest BCUT2D eigenvalue weighted by atomic mass is 9.99. The molecule has 2 unspecified atom stereocenters. The van der Waals surface area contributed by atoms with Crippen molar-refractivity contribution in [2.75, 3.05) is 33.3 Å². The van der Waals surface area contributed by atoms with Crippen molar-refractivity contribution >= 4 is 0 Å². The van der Waals surface area contributed by atoms with Crippen LogP contribution >= 0.6 is 0 Å². The summed E-state index contributed by atoms with van der Waals surface area (Å²) in [7, 11) is 1.98. The van der Waals surface area contributed by atoms with Gasteiger partial charge in [-0.05, 0) is 38.8 Å². The Kier molecular flexibility index (Phi) is 5.45. The van der Waals surface area contributed by atoms with Crippen LogP contribution in [0.3, 0.4) is 0 Å². The van der Waals surface area contributed by atoms with Gasteiger partial charge in [-0.15, -0.1) is 0 Å². The number of piperidine rings is 1. The molecule has 0 radical (unpaired) electrons. The van der Waals surface area contributed by atoms with Crippen LogP contribution in [0.1, 0.15) is 26.2 Å². The minimum Gasteiger partial charge on any atom is -0.396 e. The van der Waals surface area contributed by atoms with E-state index in [-0.39, 0.29) is 6.61 Å². The highest BCUT2D eigenvalue weighted by molar-refractivity contribution is 4.75. The summed E-state index contributed by atoms with van der Waals surface area (Å²) in [4.78, 5) is 2.52. The fourth-order valence-corrected chi connectivity index (χ4v) is 2.25. The molecule has 0 saturated carbocycles. The molecule has 84 valence electrons. The second-order valence-corrected chi connectivity index (χ2v) is 4.50. The first-order chi connectivity index (χ1) is 6.76. The predicted octanol–water partition coefficient (Wildman–Crippen LogP) is 0.689. The molecular weight excluding hydrogens is 176 g/mol. The van der Waals surface area contributed by atoms with Crippen LogP contribution in [0.2, 0.25) is 0 Å². The molecule has 1 fully saturated rings. The molecule has 3 heteroatoms. The normalized spacial score (nSPS) is 26.4. The molecule has 2 N–H and O–H groups in total. The number of hydrogen-bond acceptors (Lipinski definition) is 3. The predicted molar refractivity (Wildman–Crippen MR) is 59.4 cm³/mol. The number of hydrogen-bond donors (Lipinski definition) is 2. The maximum atomic E-state index is 8.89. The van der Waals surface area contributed by atoms with Crippen molar-refractivity contribution in [1.29, 1.82) is 0 Å². The largest absolute Gasteiger partial charge is 0.396 e. The molecule has 0 spiro atoms. The Morgan fingerprint density at radius 3 is 2.93 bits per heavy atom. The van der Waals surface area contributed by atoms with E-state index < -0.39 is 0 Å². The van der Waals surface area contributed by atoms with Gasteiger partial charge in [-0.2, -0.15) is 0 Å². The SMILES string of the molecule is CNC(CCO)CN1CCCC(C)C1. The van der Waals surface area contributed by atoms with Crippen molar-refractivity contribution in [2.24, 2.45) is 5.92 Å². The van der Waals surface area contributed by atoms with Crippen molar-refractivity contribution < 1.29 is 5.11 Å². The van der Waals surface area contributed by atoms with Crippen molar-refractivity contribution in [3.63, 3.8) is 0 Å². The van der Waals surface area contributed by atoms with Crippen LogP contribution in [0, 0.1) is 5.92 Å². The molecule has 0 aromatic rings. The second-order valence-electron chi connectivity index (χ2n) is 4.50. The average Bonchev–Trinajstić information content (AvgIpc) is 2.17. The number of rotatable bonds is 5. The van der Waals surface area contributed by atoms with Crippen molar-refractivity contribution in [3.8, 4) is 0 Å². The molecular formula is C11H24N2O. The van der Waals surface area contributed by atoms with Crippen LogP contribution < -0.4 is 5.32 Å². The Hall–Kier alpha value is -0.120. The molecule has 1 saturated heterocycles. The van der Waals surface area contributed by atoms with Crippen LogP contribution in [-0.2, 0) is 0 Å². The van der Waals surface area contributed by atoms with E-state index in [1.165, 1.54) is 25.9 Å². The van der Waals surface area contributed by atoms with Gasteiger partial charge in [-0.1, -0.05) is 6.92 Å². The standard InChI is InChI=1S/C11H24N2O/c1-10-4-3-6-13(8-10)9-11(12-2)5-7-14/h10-12,14H,3-9H2,1-2H3. The third kappa shape index (κ3) is 3.95. The highest BCUT2D eigenvalue weighted by atomic mass is 16.3. The number of likely N-dealkylation sites (N-methyl/N-ethyl adjacent to an activating group) is 1. The molecule has 0 bridgehead atoms. The summed E-state index contributed by atoms with van der Waals surface area (Å²) >= 11 is 0. The van der Waals surface area contributed by atoms with E-state index in [0.717, 1.165) is 18.9 Å². The fraction of sp³-hybridized carbons (Fsp3) is 1.00. The summed E-state index contributed by atoms with van der Waals surface area (Å²) in [5, 5.41) is 12.2. The first kappa shape index (κ1) is 12.0. The highest BCUT2D eigenvalue weighted by Crippen LogP contribution is 2.15. The van der Waals surface area contributed by atoms with Gasteiger partial charge in [0.1, 0.15) is 0 Å². The molecule has 0 aromatic carbocycles. The molecule has 2 atom stereocenters. The number of nitrogens with zero attached hydrogens (tertiary/aromatic N) is 1. The van der Waals surface area contributed by atoms with Gasteiger partial charge in [0, 0.05) is 25.7 Å². The average molecular weight is 200 g/mol. The molecule has 1 heterocycles. The number of aliphatic hydroxyl groups is 1. The van der Waals surface area contributed by atoms with Gasteiger partial charge >= 0.3 is 0 Å². The molecule has 0 amide bonds. The van der Waals surface area contributed by atoms with E-state index in [9.17, 15) is 0 Å². The quantitative estimate of drug-likeness (QED) is 0.685. The maximum Gasteiger partial charge on any atom is 0.0446 e. The minimum atomic E-state index is 0.287. The van der Waals surface area contributed by atoms with Gasteiger partial charge in [-0.25, -0.2) is 0 Å². The van der Waals surface area contributed by atoms with Crippen LogP contribution in [0.15, 0.2) is 0 Å². The van der Waals surface area contributed by atoms with Gasteiger partial charge in [0.15, 0.2) is 0 Å². The lowest BCUT2D eigenvalue weighted by Crippen LogP contribution is -2.44. The van der Waals surface area contributed by atoms with E-state index in [1.807, 2.05) is 7.05 Å². The van der Waals surface area contributed by atoms with E-state index in [1.54, 1.807) is 0 Å². The Bertz CT molecular complexity index is 152. The summed E-state index contributed by atoms with van der Waals surface area (Å²) in [5.74, 6) is 0.843. The van der Waals surface area contributed by atoms with Gasteiger partial charge in [-0.3, -0.25) is 0 Å². The Morgan fingerprint density at radius 2 is 2.36 bits per heavy atom. The smallest absolute Gasteiger partial charge is 0.0446 e. The number of nitrogens with one attached hydrogen (secondary N) is 1. The zero-order valence-electron chi connectivity index (χ0n) is 9.50. The lowest BCUT2D eigenvalue weighted by molar-refractivity contribution is 0.157. The van der Waals surface area contributed by atoms with Crippen molar-refractivity contribution in [2.45, 2.75) is 32.2 Å². The van der Waals surface area contributed by atoms with Crippen molar-refractivity contribution in [1.82, 2.24) is 10.2 Å². The van der Waals surface area contributed by atoms with Crippen molar-refractivity contribution in [3.05, 3.63) is 0 Å². The molecule has 1 aliphatic rings. The maximum absolute atomic E-state index is 8.89. The first-order valence-electron chi connectivity index (χ1n) is 5.76. The first-order valence-corrected chi connectivity index (χ1v) is 5.76. The monoisotopic (exact) mass is 200 g/mol.